The molecular formula is C13H19ClF2N2. The minimum absolute atomic E-state index is 0. The van der Waals surface area contributed by atoms with Gasteiger partial charge in [-0.1, -0.05) is 6.07 Å². The maximum absolute atomic E-state index is 13.5. The maximum Gasteiger partial charge on any atom is 0.130 e. The number of nitrogens with one attached hydrogen (secondary N) is 1. The Morgan fingerprint density at radius 3 is 2.39 bits per heavy atom. The minimum Gasteiger partial charge on any atom is -0.309 e. The van der Waals surface area contributed by atoms with Crippen molar-refractivity contribution in [3.05, 3.63) is 35.4 Å². The van der Waals surface area contributed by atoms with Crippen LogP contribution >= 0.6 is 12.4 Å². The van der Waals surface area contributed by atoms with E-state index in [0.29, 0.717) is 24.2 Å². The van der Waals surface area contributed by atoms with Crippen molar-refractivity contribution < 1.29 is 8.78 Å². The third-order valence-corrected chi connectivity index (χ3v) is 3.04. The average molecular weight is 277 g/mol. The fourth-order valence-electron chi connectivity index (χ4n) is 2.46. The Kier molecular flexibility index (Phi) is 5.50. The Labute approximate surface area is 113 Å². The number of hydrogen-bond acceptors (Lipinski definition) is 2. The van der Waals surface area contributed by atoms with Crippen LogP contribution in [0, 0.1) is 11.6 Å². The lowest BCUT2D eigenvalue weighted by Gasteiger charge is -2.36. The molecule has 1 aliphatic rings. The zero-order chi connectivity index (χ0) is 12.4. The summed E-state index contributed by atoms with van der Waals surface area (Å²) >= 11 is 0. The summed E-state index contributed by atoms with van der Waals surface area (Å²) in [7, 11) is 0. The summed E-state index contributed by atoms with van der Waals surface area (Å²) < 4.78 is 26.3. The van der Waals surface area contributed by atoms with Crippen LogP contribution in [0.1, 0.15) is 19.4 Å². The van der Waals surface area contributed by atoms with E-state index in [0.717, 1.165) is 19.2 Å². The van der Waals surface area contributed by atoms with Crippen molar-refractivity contribution in [1.29, 1.82) is 0 Å². The Morgan fingerprint density at radius 1 is 1.22 bits per heavy atom. The fourth-order valence-corrected chi connectivity index (χ4v) is 2.46. The molecule has 1 N–H and O–H groups in total. The molecule has 0 bridgehead atoms. The van der Waals surface area contributed by atoms with E-state index >= 15 is 0 Å². The maximum atomic E-state index is 13.5. The summed E-state index contributed by atoms with van der Waals surface area (Å²) in [6.45, 7) is 6.55. The number of benzene rings is 1. The molecule has 1 aliphatic heterocycles. The third kappa shape index (κ3) is 3.90. The second-order valence-corrected chi connectivity index (χ2v) is 4.90. The first-order chi connectivity index (χ1) is 8.04. The van der Waals surface area contributed by atoms with E-state index in [1.807, 2.05) is 0 Å². The summed E-state index contributed by atoms with van der Waals surface area (Å²) in [6.07, 6.45) is 0. The lowest BCUT2D eigenvalue weighted by atomic mass is 10.1. The van der Waals surface area contributed by atoms with Crippen molar-refractivity contribution in [1.82, 2.24) is 10.2 Å². The van der Waals surface area contributed by atoms with Crippen LogP contribution in [0.5, 0.6) is 0 Å². The molecule has 102 valence electrons. The van der Waals surface area contributed by atoms with Gasteiger partial charge in [0.1, 0.15) is 11.6 Å². The summed E-state index contributed by atoms with van der Waals surface area (Å²) in [6, 6.07) is 4.60. The molecule has 0 amide bonds. The van der Waals surface area contributed by atoms with E-state index in [9.17, 15) is 8.78 Å². The predicted molar refractivity (Wildman–Crippen MR) is 70.9 cm³/mol. The van der Waals surface area contributed by atoms with Gasteiger partial charge in [0.2, 0.25) is 0 Å². The number of halogens is 3. The van der Waals surface area contributed by atoms with E-state index < -0.39 is 11.6 Å². The lowest BCUT2D eigenvalue weighted by molar-refractivity contribution is 0.165. The van der Waals surface area contributed by atoms with Crippen molar-refractivity contribution in [3.63, 3.8) is 0 Å². The van der Waals surface area contributed by atoms with Crippen LogP contribution in [-0.2, 0) is 6.54 Å². The van der Waals surface area contributed by atoms with Crippen LogP contribution in [0.25, 0.3) is 0 Å². The van der Waals surface area contributed by atoms with Crippen LogP contribution in [0.4, 0.5) is 8.78 Å². The first-order valence-electron chi connectivity index (χ1n) is 5.97. The molecule has 1 saturated heterocycles. The first-order valence-corrected chi connectivity index (χ1v) is 5.97. The molecule has 2 unspecified atom stereocenters. The smallest absolute Gasteiger partial charge is 0.130 e. The molecule has 0 radical (unpaired) electrons. The molecule has 2 rings (SSSR count). The van der Waals surface area contributed by atoms with Crippen molar-refractivity contribution in [3.8, 4) is 0 Å². The Morgan fingerprint density at radius 2 is 1.83 bits per heavy atom. The van der Waals surface area contributed by atoms with Crippen LogP contribution in [0.2, 0.25) is 0 Å². The standard InChI is InChI=1S/C13H18F2N2.ClH/c1-9-6-17(7-10(2)16-9)8-11-3-4-12(14)5-13(11)15;/h3-5,9-10,16H,6-8H2,1-2H3;1H. The van der Waals surface area contributed by atoms with Gasteiger partial charge in [0.25, 0.3) is 0 Å². The van der Waals surface area contributed by atoms with Crippen molar-refractivity contribution in [2.75, 3.05) is 13.1 Å². The Hall–Kier alpha value is -0.710. The van der Waals surface area contributed by atoms with Crippen LogP contribution in [-0.4, -0.2) is 30.1 Å². The molecule has 2 nitrogen and oxygen atoms in total. The SMILES string of the molecule is CC1CN(Cc2ccc(F)cc2F)CC(C)N1.Cl. The molecule has 5 heteroatoms. The molecule has 1 aromatic rings. The van der Waals surface area contributed by atoms with E-state index in [2.05, 4.69) is 24.1 Å². The van der Waals surface area contributed by atoms with Gasteiger partial charge in [0.05, 0.1) is 0 Å². The molecule has 0 aliphatic carbocycles. The second kappa shape index (κ2) is 6.45. The number of rotatable bonds is 2. The van der Waals surface area contributed by atoms with Crippen LogP contribution in [0.3, 0.4) is 0 Å². The van der Waals surface area contributed by atoms with Gasteiger partial charge in [-0.25, -0.2) is 8.78 Å². The summed E-state index contributed by atoms with van der Waals surface area (Å²) in [5.74, 6) is -0.975. The highest BCUT2D eigenvalue weighted by molar-refractivity contribution is 5.85. The molecular weight excluding hydrogens is 258 g/mol. The van der Waals surface area contributed by atoms with Gasteiger partial charge in [-0.15, -0.1) is 12.4 Å². The first kappa shape index (κ1) is 15.3. The molecule has 0 spiro atoms. The number of piperazine rings is 1. The van der Waals surface area contributed by atoms with Crippen molar-refractivity contribution in [2.24, 2.45) is 0 Å². The third-order valence-electron chi connectivity index (χ3n) is 3.04. The van der Waals surface area contributed by atoms with Gasteiger partial charge in [-0.05, 0) is 19.9 Å². The largest absolute Gasteiger partial charge is 0.309 e. The summed E-state index contributed by atoms with van der Waals surface area (Å²) in [5, 5.41) is 3.42. The van der Waals surface area contributed by atoms with Gasteiger partial charge in [0, 0.05) is 43.3 Å². The van der Waals surface area contributed by atoms with Crippen LogP contribution in [0.15, 0.2) is 18.2 Å². The normalized spacial score (nSPS) is 24.7. The summed E-state index contributed by atoms with van der Waals surface area (Å²) in [5.41, 5.74) is 0.563. The highest BCUT2D eigenvalue weighted by Crippen LogP contribution is 2.14. The molecule has 2 atom stereocenters. The molecule has 0 aromatic heterocycles. The van der Waals surface area contributed by atoms with Gasteiger partial charge < -0.3 is 5.32 Å². The average Bonchev–Trinajstić information content (AvgIpc) is 2.21. The number of hydrogen-bond donors (Lipinski definition) is 1. The lowest BCUT2D eigenvalue weighted by Crippen LogP contribution is -2.53. The molecule has 1 fully saturated rings. The molecule has 0 saturated carbocycles. The number of nitrogens with zero attached hydrogens (tertiary/aromatic N) is 1. The van der Waals surface area contributed by atoms with E-state index in [1.54, 1.807) is 0 Å². The van der Waals surface area contributed by atoms with Crippen molar-refractivity contribution >= 4 is 12.4 Å². The highest BCUT2D eigenvalue weighted by atomic mass is 35.5. The van der Waals surface area contributed by atoms with E-state index in [1.165, 1.54) is 12.1 Å². The summed E-state index contributed by atoms with van der Waals surface area (Å²) in [4.78, 5) is 2.20. The second-order valence-electron chi connectivity index (χ2n) is 4.90. The fraction of sp³-hybridized carbons (Fsp3) is 0.538. The molecule has 1 aromatic carbocycles. The Balaban J connectivity index is 0.00000162. The topological polar surface area (TPSA) is 15.3 Å². The Bertz CT molecular complexity index is 391. The quantitative estimate of drug-likeness (QED) is 0.893. The zero-order valence-electron chi connectivity index (χ0n) is 10.6. The zero-order valence-corrected chi connectivity index (χ0v) is 11.4. The predicted octanol–water partition coefficient (Wildman–Crippen LogP) is 2.57. The van der Waals surface area contributed by atoms with Crippen LogP contribution < -0.4 is 5.32 Å². The van der Waals surface area contributed by atoms with Gasteiger partial charge in [-0.2, -0.15) is 0 Å². The molecule has 1 heterocycles. The minimum atomic E-state index is -0.520. The highest BCUT2D eigenvalue weighted by Gasteiger charge is 2.21. The van der Waals surface area contributed by atoms with Crippen molar-refractivity contribution in [2.45, 2.75) is 32.5 Å². The van der Waals surface area contributed by atoms with E-state index in [4.69, 9.17) is 0 Å². The van der Waals surface area contributed by atoms with E-state index in [-0.39, 0.29) is 12.4 Å². The monoisotopic (exact) mass is 276 g/mol. The van der Waals surface area contributed by atoms with Gasteiger partial charge in [0.15, 0.2) is 0 Å². The van der Waals surface area contributed by atoms with Gasteiger partial charge in [-0.3, -0.25) is 4.90 Å². The molecule has 18 heavy (non-hydrogen) atoms. The van der Waals surface area contributed by atoms with Gasteiger partial charge >= 0.3 is 0 Å².